The summed E-state index contributed by atoms with van der Waals surface area (Å²) in [5, 5.41) is 3.40. The first-order valence-electron chi connectivity index (χ1n) is 10.9. The molecule has 172 valence electrons. The maximum Gasteiger partial charge on any atom is 0.274 e. The number of furan rings is 1. The van der Waals surface area contributed by atoms with Crippen LogP contribution in [0.25, 0.3) is 11.0 Å². The molecule has 0 spiro atoms. The van der Waals surface area contributed by atoms with Crippen LogP contribution in [0, 0.1) is 13.8 Å². The van der Waals surface area contributed by atoms with Crippen LogP contribution in [0.1, 0.15) is 45.1 Å². The van der Waals surface area contributed by atoms with Gasteiger partial charge < -0.3 is 19.4 Å². The maximum atomic E-state index is 12.9. The number of carbonyl (C=O) groups excluding carboxylic acids is 2. The summed E-state index contributed by atoms with van der Waals surface area (Å²) < 4.78 is 11.7. The van der Waals surface area contributed by atoms with E-state index in [9.17, 15) is 9.59 Å². The summed E-state index contributed by atoms with van der Waals surface area (Å²) in [5.41, 5.74) is 1.82. The third kappa shape index (κ3) is 4.42. The highest BCUT2D eigenvalue weighted by molar-refractivity contribution is 6.06. The molecule has 0 radical (unpaired) electrons. The number of fused-ring (bicyclic) bond motifs is 1. The molecule has 0 bridgehead atoms. The van der Waals surface area contributed by atoms with Crippen molar-refractivity contribution in [2.45, 2.75) is 26.7 Å². The number of carbonyl (C=O) groups is 2. The largest absolute Gasteiger partial charge is 0.461 e. The highest BCUT2D eigenvalue weighted by Crippen LogP contribution is 2.33. The molecule has 10 heteroatoms. The molecule has 3 aromatic heterocycles. The lowest BCUT2D eigenvalue weighted by atomic mass is 10.1. The van der Waals surface area contributed by atoms with Crippen molar-refractivity contribution in [2.75, 3.05) is 18.4 Å². The predicted molar refractivity (Wildman–Crippen MR) is 123 cm³/mol. The molecule has 0 unspecified atom stereocenters. The normalized spacial score (nSPS) is 13.3. The van der Waals surface area contributed by atoms with Gasteiger partial charge in [0.1, 0.15) is 22.8 Å². The Morgan fingerprint density at radius 1 is 0.971 bits per heavy atom. The van der Waals surface area contributed by atoms with Gasteiger partial charge in [-0.1, -0.05) is 0 Å². The Morgan fingerprint density at radius 2 is 1.79 bits per heavy atom. The molecule has 1 aliphatic rings. The van der Waals surface area contributed by atoms with E-state index in [1.807, 2.05) is 19.9 Å². The average molecular weight is 458 g/mol. The van der Waals surface area contributed by atoms with E-state index in [2.05, 4.69) is 25.3 Å². The van der Waals surface area contributed by atoms with Crippen molar-refractivity contribution in [1.82, 2.24) is 24.8 Å². The smallest absolute Gasteiger partial charge is 0.274 e. The van der Waals surface area contributed by atoms with Crippen molar-refractivity contribution in [1.29, 1.82) is 0 Å². The molecule has 1 aromatic carbocycles. The first kappa shape index (κ1) is 21.5. The molecule has 2 amide bonds. The summed E-state index contributed by atoms with van der Waals surface area (Å²) in [7, 11) is 0. The third-order valence-corrected chi connectivity index (χ3v) is 5.46. The predicted octanol–water partition coefficient (Wildman–Crippen LogP) is 3.91. The van der Waals surface area contributed by atoms with Gasteiger partial charge in [-0.15, -0.1) is 0 Å². The topological polar surface area (TPSA) is 123 Å². The molecule has 0 aliphatic carbocycles. The number of anilines is 1. The van der Waals surface area contributed by atoms with Gasteiger partial charge >= 0.3 is 0 Å². The maximum absolute atomic E-state index is 12.9. The van der Waals surface area contributed by atoms with Crippen molar-refractivity contribution < 1.29 is 18.7 Å². The number of ether oxygens (including phenoxy) is 1. The number of likely N-dealkylation sites (tertiary alicyclic amines) is 1. The summed E-state index contributed by atoms with van der Waals surface area (Å²) in [6, 6.07) is 5.05. The Balaban J connectivity index is 1.40. The zero-order chi connectivity index (χ0) is 23.7. The number of benzene rings is 1. The standard InChI is InChI=1S/C24H22N6O4/c1-14-10-27-21(12-25-14)29-23(31)16-8-19-17(7-15(2)33-19)20(9-16)34-22-13-26-18(11-28-22)24(32)30-5-3-4-6-30/h7-13H,3-6H2,1-2H3,(H,27,29,31). The minimum absolute atomic E-state index is 0.137. The highest BCUT2D eigenvalue weighted by Gasteiger charge is 2.21. The second-order valence-electron chi connectivity index (χ2n) is 8.08. The summed E-state index contributed by atoms with van der Waals surface area (Å²) in [5.74, 6) is 1.04. The van der Waals surface area contributed by atoms with Crippen molar-refractivity contribution in [2.24, 2.45) is 0 Å². The molecule has 4 heterocycles. The van der Waals surface area contributed by atoms with Crippen LogP contribution in [0.15, 0.2) is 47.4 Å². The van der Waals surface area contributed by atoms with Gasteiger partial charge in [0.05, 0.1) is 35.9 Å². The second kappa shape index (κ2) is 8.89. The lowest BCUT2D eigenvalue weighted by Crippen LogP contribution is -2.28. The molecule has 1 aliphatic heterocycles. The van der Waals surface area contributed by atoms with E-state index in [-0.39, 0.29) is 17.5 Å². The minimum Gasteiger partial charge on any atom is -0.461 e. The second-order valence-corrected chi connectivity index (χ2v) is 8.08. The Labute approximate surface area is 195 Å². The number of nitrogens with zero attached hydrogens (tertiary/aromatic N) is 5. The van der Waals surface area contributed by atoms with Crippen molar-refractivity contribution in [3.05, 3.63) is 65.7 Å². The van der Waals surface area contributed by atoms with Gasteiger partial charge in [0.2, 0.25) is 5.88 Å². The van der Waals surface area contributed by atoms with E-state index < -0.39 is 5.91 Å². The van der Waals surface area contributed by atoms with Crippen molar-refractivity contribution in [3.8, 4) is 11.6 Å². The van der Waals surface area contributed by atoms with Gasteiger partial charge in [-0.2, -0.15) is 0 Å². The fraction of sp³-hybridized carbons (Fsp3) is 0.250. The quantitative estimate of drug-likeness (QED) is 0.477. The lowest BCUT2D eigenvalue weighted by Gasteiger charge is -2.14. The fourth-order valence-electron chi connectivity index (χ4n) is 3.77. The first-order valence-corrected chi connectivity index (χ1v) is 10.9. The zero-order valence-corrected chi connectivity index (χ0v) is 18.7. The Hall–Kier alpha value is -4.34. The number of aryl methyl sites for hydroxylation is 2. The minimum atomic E-state index is -0.392. The molecule has 1 N–H and O–H groups in total. The monoisotopic (exact) mass is 458 g/mol. The van der Waals surface area contributed by atoms with Crippen LogP contribution in [-0.2, 0) is 0 Å². The van der Waals surface area contributed by atoms with Gasteiger partial charge in [-0.3, -0.25) is 14.6 Å². The van der Waals surface area contributed by atoms with Crippen LogP contribution >= 0.6 is 0 Å². The van der Waals surface area contributed by atoms with Crippen LogP contribution < -0.4 is 10.1 Å². The summed E-state index contributed by atoms with van der Waals surface area (Å²) >= 11 is 0. The number of hydrogen-bond acceptors (Lipinski definition) is 8. The van der Waals surface area contributed by atoms with E-state index in [4.69, 9.17) is 9.15 Å². The van der Waals surface area contributed by atoms with Gasteiger partial charge in [0.25, 0.3) is 11.8 Å². The van der Waals surface area contributed by atoms with Crippen molar-refractivity contribution >= 4 is 28.6 Å². The molecule has 10 nitrogen and oxygen atoms in total. The third-order valence-electron chi connectivity index (χ3n) is 5.46. The van der Waals surface area contributed by atoms with Crippen LogP contribution in [0.4, 0.5) is 5.82 Å². The Bertz CT molecular complexity index is 1360. The first-order chi connectivity index (χ1) is 16.5. The molecule has 0 saturated carbocycles. The highest BCUT2D eigenvalue weighted by atomic mass is 16.5. The summed E-state index contributed by atoms with van der Waals surface area (Å²) in [6.45, 7) is 5.09. The molecule has 4 aromatic rings. The van der Waals surface area contributed by atoms with Gasteiger partial charge in [0, 0.05) is 18.7 Å². The van der Waals surface area contributed by atoms with Crippen LogP contribution in [0.5, 0.6) is 11.6 Å². The molecular weight excluding hydrogens is 436 g/mol. The van der Waals surface area contributed by atoms with E-state index in [1.54, 1.807) is 23.2 Å². The lowest BCUT2D eigenvalue weighted by molar-refractivity contribution is 0.0786. The average Bonchev–Trinajstić information content (AvgIpc) is 3.50. The zero-order valence-electron chi connectivity index (χ0n) is 18.7. The van der Waals surface area contributed by atoms with E-state index >= 15 is 0 Å². The van der Waals surface area contributed by atoms with Gasteiger partial charge in [-0.25, -0.2) is 15.0 Å². The molecule has 34 heavy (non-hydrogen) atoms. The number of aromatic nitrogens is 4. The number of nitrogens with one attached hydrogen (secondary N) is 1. The molecule has 0 atom stereocenters. The van der Waals surface area contributed by atoms with E-state index in [1.165, 1.54) is 18.6 Å². The number of amides is 2. The molecule has 1 fully saturated rings. The van der Waals surface area contributed by atoms with Crippen LogP contribution in [0.3, 0.4) is 0 Å². The van der Waals surface area contributed by atoms with Gasteiger partial charge in [0.15, 0.2) is 5.82 Å². The van der Waals surface area contributed by atoms with Crippen LogP contribution in [0.2, 0.25) is 0 Å². The van der Waals surface area contributed by atoms with Gasteiger partial charge in [-0.05, 0) is 44.9 Å². The van der Waals surface area contributed by atoms with Crippen molar-refractivity contribution in [3.63, 3.8) is 0 Å². The summed E-state index contributed by atoms with van der Waals surface area (Å²) in [6.07, 6.45) is 7.86. The SMILES string of the molecule is Cc1cnc(NC(=O)c2cc(Oc3cnc(C(=O)N4CCCC4)cn3)c3cc(C)oc3c2)cn1. The number of rotatable bonds is 5. The van der Waals surface area contributed by atoms with E-state index in [0.717, 1.165) is 31.6 Å². The van der Waals surface area contributed by atoms with E-state index in [0.29, 0.717) is 33.9 Å². The molecular formula is C24H22N6O4. The fourth-order valence-corrected chi connectivity index (χ4v) is 3.77. The number of hydrogen-bond donors (Lipinski definition) is 1. The Morgan fingerprint density at radius 3 is 2.50 bits per heavy atom. The molecule has 5 rings (SSSR count). The van der Waals surface area contributed by atoms with Crippen LogP contribution in [-0.4, -0.2) is 49.7 Å². The summed E-state index contributed by atoms with van der Waals surface area (Å²) in [4.78, 5) is 43.9. The molecule has 1 saturated heterocycles. The Kier molecular flexibility index (Phi) is 5.62.